The van der Waals surface area contributed by atoms with Gasteiger partial charge in [-0.1, -0.05) is 25.1 Å². The highest BCUT2D eigenvalue weighted by atomic mass is 16.5. The van der Waals surface area contributed by atoms with Crippen molar-refractivity contribution in [1.82, 2.24) is 5.32 Å². The molecule has 0 saturated carbocycles. The molecular formula is C25H32N2O3. The van der Waals surface area contributed by atoms with Crippen LogP contribution in [0.25, 0.3) is 23.1 Å². The van der Waals surface area contributed by atoms with Crippen molar-refractivity contribution < 1.29 is 13.9 Å². The standard InChI is InChI=1S/C21H23NO2.C4H9NO/c1-4-13-23-19-12-8-17-14-20(24-21(17)15-19)11-7-16-5-9-18(10-6-16)22(2)3;1-3-6-4-2-5-1/h5-12,14-15H,4,13H2,1-3H3;5H,1-4H2. The molecule has 0 amide bonds. The number of anilines is 1. The molecule has 5 nitrogen and oxygen atoms in total. The van der Waals surface area contributed by atoms with Crippen molar-refractivity contribution in [2.45, 2.75) is 13.3 Å². The monoisotopic (exact) mass is 408 g/mol. The molecule has 2 aromatic carbocycles. The zero-order valence-corrected chi connectivity index (χ0v) is 18.2. The van der Waals surface area contributed by atoms with Gasteiger partial charge in [-0.05, 0) is 48.4 Å². The van der Waals surface area contributed by atoms with Crippen molar-refractivity contribution >= 4 is 28.8 Å². The van der Waals surface area contributed by atoms with Crippen LogP contribution in [0.2, 0.25) is 0 Å². The predicted molar refractivity (Wildman–Crippen MR) is 125 cm³/mol. The Labute approximate surface area is 179 Å². The van der Waals surface area contributed by atoms with Gasteiger partial charge in [0.05, 0.1) is 19.8 Å². The molecule has 1 saturated heterocycles. The number of nitrogens with zero attached hydrogens (tertiary/aromatic N) is 1. The van der Waals surface area contributed by atoms with E-state index in [-0.39, 0.29) is 0 Å². The fourth-order valence-corrected chi connectivity index (χ4v) is 3.00. The molecule has 0 radical (unpaired) electrons. The normalized spacial score (nSPS) is 13.8. The SMILES string of the molecule is C1COCCN1.CCCOc1ccc2cc(C=Cc3ccc(N(C)C)cc3)oc2c1. The Bertz CT molecular complexity index is 914. The minimum Gasteiger partial charge on any atom is -0.493 e. The van der Waals surface area contributed by atoms with Gasteiger partial charge in [-0.2, -0.15) is 0 Å². The maximum Gasteiger partial charge on any atom is 0.138 e. The van der Waals surface area contributed by atoms with Crippen molar-refractivity contribution in [3.05, 3.63) is 59.9 Å². The largest absolute Gasteiger partial charge is 0.493 e. The third-order valence-corrected chi connectivity index (χ3v) is 4.68. The molecule has 1 aliphatic rings. The molecule has 0 unspecified atom stereocenters. The molecule has 0 atom stereocenters. The smallest absolute Gasteiger partial charge is 0.138 e. The number of nitrogens with one attached hydrogen (secondary N) is 1. The first-order valence-electron chi connectivity index (χ1n) is 10.6. The number of ether oxygens (including phenoxy) is 2. The summed E-state index contributed by atoms with van der Waals surface area (Å²) in [5.74, 6) is 1.70. The summed E-state index contributed by atoms with van der Waals surface area (Å²) < 4.78 is 16.6. The molecule has 0 bridgehead atoms. The minimum absolute atomic E-state index is 0.724. The summed E-state index contributed by atoms with van der Waals surface area (Å²) in [6.45, 7) is 6.65. The van der Waals surface area contributed by atoms with Crippen LogP contribution >= 0.6 is 0 Å². The lowest BCUT2D eigenvalue weighted by atomic mass is 10.1. The molecule has 5 heteroatoms. The fraction of sp³-hybridized carbons (Fsp3) is 0.360. The van der Waals surface area contributed by atoms with Crippen LogP contribution in [0.15, 0.2) is 52.9 Å². The first-order chi connectivity index (χ1) is 14.7. The molecule has 4 rings (SSSR count). The van der Waals surface area contributed by atoms with E-state index in [0.717, 1.165) is 67.4 Å². The summed E-state index contributed by atoms with van der Waals surface area (Å²) >= 11 is 0. The van der Waals surface area contributed by atoms with Crippen LogP contribution in [0.5, 0.6) is 5.75 Å². The summed E-state index contributed by atoms with van der Waals surface area (Å²) in [5.41, 5.74) is 3.19. The first kappa shape index (κ1) is 21.9. The second kappa shape index (κ2) is 11.4. The summed E-state index contributed by atoms with van der Waals surface area (Å²) in [6, 6.07) is 16.4. The number of rotatable bonds is 6. The van der Waals surface area contributed by atoms with Crippen molar-refractivity contribution in [2.75, 3.05) is 51.9 Å². The van der Waals surface area contributed by atoms with Crippen LogP contribution in [-0.4, -0.2) is 47.0 Å². The quantitative estimate of drug-likeness (QED) is 0.617. The van der Waals surface area contributed by atoms with Crippen molar-refractivity contribution in [2.24, 2.45) is 0 Å². The Hall–Kier alpha value is -2.76. The van der Waals surface area contributed by atoms with Gasteiger partial charge in [0.25, 0.3) is 0 Å². The maximum absolute atomic E-state index is 5.90. The van der Waals surface area contributed by atoms with Gasteiger partial charge in [-0.25, -0.2) is 0 Å². The van der Waals surface area contributed by atoms with Crippen molar-refractivity contribution in [3.8, 4) is 5.75 Å². The van der Waals surface area contributed by atoms with Gasteiger partial charge in [0.15, 0.2) is 0 Å². The molecule has 30 heavy (non-hydrogen) atoms. The lowest BCUT2D eigenvalue weighted by Gasteiger charge is -2.11. The molecule has 1 fully saturated rings. The molecule has 160 valence electrons. The van der Waals surface area contributed by atoms with E-state index in [4.69, 9.17) is 13.9 Å². The van der Waals surface area contributed by atoms with Crippen molar-refractivity contribution in [1.29, 1.82) is 0 Å². The van der Waals surface area contributed by atoms with E-state index in [2.05, 4.69) is 47.5 Å². The Kier molecular flexibility index (Phi) is 8.36. The van der Waals surface area contributed by atoms with Gasteiger partial charge in [0.1, 0.15) is 17.1 Å². The average molecular weight is 409 g/mol. The second-order valence-corrected chi connectivity index (χ2v) is 7.38. The Morgan fingerprint density at radius 2 is 1.77 bits per heavy atom. The minimum atomic E-state index is 0.724. The Morgan fingerprint density at radius 3 is 2.37 bits per heavy atom. The number of benzene rings is 2. The highest BCUT2D eigenvalue weighted by molar-refractivity contribution is 5.83. The van der Waals surface area contributed by atoms with Gasteiger partial charge in [0, 0.05) is 44.3 Å². The van der Waals surface area contributed by atoms with E-state index in [9.17, 15) is 0 Å². The van der Waals surface area contributed by atoms with Gasteiger partial charge in [-0.15, -0.1) is 0 Å². The Balaban J connectivity index is 0.000000367. The van der Waals surface area contributed by atoms with Gasteiger partial charge in [0.2, 0.25) is 0 Å². The number of hydrogen-bond donors (Lipinski definition) is 1. The zero-order valence-electron chi connectivity index (χ0n) is 18.2. The summed E-state index contributed by atoms with van der Waals surface area (Å²) in [6.07, 6.45) is 5.06. The van der Waals surface area contributed by atoms with Gasteiger partial charge in [-0.3, -0.25) is 0 Å². The van der Waals surface area contributed by atoms with Gasteiger partial charge >= 0.3 is 0 Å². The fourth-order valence-electron chi connectivity index (χ4n) is 3.00. The van der Waals surface area contributed by atoms with E-state index >= 15 is 0 Å². The molecule has 3 aromatic rings. The molecule has 1 N–H and O–H groups in total. The van der Waals surface area contributed by atoms with Crippen LogP contribution in [0, 0.1) is 0 Å². The van der Waals surface area contributed by atoms with Crippen LogP contribution in [0.1, 0.15) is 24.7 Å². The Morgan fingerprint density at radius 1 is 1.00 bits per heavy atom. The topological polar surface area (TPSA) is 46.9 Å². The molecular weight excluding hydrogens is 376 g/mol. The van der Waals surface area contributed by atoms with Crippen molar-refractivity contribution in [3.63, 3.8) is 0 Å². The lowest BCUT2D eigenvalue weighted by molar-refractivity contribution is 0.109. The maximum atomic E-state index is 5.90. The average Bonchev–Trinajstić information content (AvgIpc) is 3.20. The molecule has 0 spiro atoms. The summed E-state index contributed by atoms with van der Waals surface area (Å²) in [5, 5.41) is 4.24. The van der Waals surface area contributed by atoms with E-state index in [1.54, 1.807) is 0 Å². The first-order valence-corrected chi connectivity index (χ1v) is 10.6. The molecule has 0 aliphatic carbocycles. The molecule has 1 aliphatic heterocycles. The third-order valence-electron chi connectivity index (χ3n) is 4.68. The summed E-state index contributed by atoms with van der Waals surface area (Å²) in [7, 11) is 4.08. The van der Waals surface area contributed by atoms with Crippen LogP contribution in [0.4, 0.5) is 5.69 Å². The molecule has 2 heterocycles. The number of furan rings is 1. The summed E-state index contributed by atoms with van der Waals surface area (Å²) in [4.78, 5) is 2.09. The van der Waals surface area contributed by atoms with E-state index < -0.39 is 0 Å². The predicted octanol–water partition coefficient (Wildman–Crippen LogP) is 5.06. The zero-order chi connectivity index (χ0) is 21.2. The van der Waals surface area contributed by atoms with E-state index in [1.165, 1.54) is 5.69 Å². The highest BCUT2D eigenvalue weighted by Crippen LogP contribution is 2.25. The second-order valence-electron chi connectivity index (χ2n) is 7.38. The number of hydrogen-bond acceptors (Lipinski definition) is 5. The number of morpholine rings is 1. The molecule has 1 aromatic heterocycles. The van der Waals surface area contributed by atoms with E-state index in [0.29, 0.717) is 0 Å². The van der Waals surface area contributed by atoms with E-state index in [1.807, 2.05) is 44.4 Å². The highest BCUT2D eigenvalue weighted by Gasteiger charge is 2.03. The van der Waals surface area contributed by atoms with Crippen LogP contribution in [-0.2, 0) is 4.74 Å². The van der Waals surface area contributed by atoms with Crippen LogP contribution in [0.3, 0.4) is 0 Å². The lowest BCUT2D eigenvalue weighted by Crippen LogP contribution is -2.30. The van der Waals surface area contributed by atoms with Crippen LogP contribution < -0.4 is 15.0 Å². The third kappa shape index (κ3) is 6.65. The number of fused-ring (bicyclic) bond motifs is 1. The van der Waals surface area contributed by atoms with Gasteiger partial charge < -0.3 is 24.1 Å².